The van der Waals surface area contributed by atoms with Gasteiger partial charge < -0.3 is 13.7 Å². The van der Waals surface area contributed by atoms with Crippen molar-refractivity contribution >= 4 is 23.0 Å². The molecule has 0 unspecified atom stereocenters. The van der Waals surface area contributed by atoms with Crippen LogP contribution in [0.5, 0.6) is 5.75 Å². The van der Waals surface area contributed by atoms with Crippen LogP contribution in [0.1, 0.15) is 34.5 Å². The Bertz CT molecular complexity index is 1510. The van der Waals surface area contributed by atoms with Gasteiger partial charge in [-0.3, -0.25) is 9.20 Å². The first-order valence-corrected chi connectivity index (χ1v) is 11.8. The quantitative estimate of drug-likeness (QED) is 0.262. The molecule has 6 heteroatoms. The summed E-state index contributed by atoms with van der Waals surface area (Å²) in [5, 5.41) is 0.701. The lowest BCUT2D eigenvalue weighted by molar-refractivity contribution is 0.103. The van der Waals surface area contributed by atoms with Crippen LogP contribution in [0.25, 0.3) is 28.2 Å². The molecule has 0 saturated carbocycles. The molecule has 6 rings (SSSR count). The summed E-state index contributed by atoms with van der Waals surface area (Å²) < 4.78 is 15.6. The summed E-state index contributed by atoms with van der Waals surface area (Å²) in [5.41, 5.74) is 6.42. The van der Waals surface area contributed by atoms with Crippen LogP contribution in [-0.4, -0.2) is 21.9 Å². The van der Waals surface area contributed by atoms with Crippen LogP contribution in [0.2, 0.25) is 5.02 Å². The molecule has 5 nitrogen and oxygen atoms in total. The zero-order valence-electron chi connectivity index (χ0n) is 18.8. The molecule has 0 spiro atoms. The van der Waals surface area contributed by atoms with Gasteiger partial charge in [0.2, 0.25) is 5.78 Å². The zero-order valence-corrected chi connectivity index (χ0v) is 19.5. The van der Waals surface area contributed by atoms with E-state index in [4.69, 9.17) is 20.8 Å². The van der Waals surface area contributed by atoms with Crippen LogP contribution in [0, 0.1) is 0 Å². The second-order valence-corrected chi connectivity index (χ2v) is 9.00. The predicted molar refractivity (Wildman–Crippen MR) is 133 cm³/mol. The van der Waals surface area contributed by atoms with Gasteiger partial charge in [-0.1, -0.05) is 35.9 Å². The highest BCUT2D eigenvalue weighted by molar-refractivity contribution is 6.30. The van der Waals surface area contributed by atoms with Gasteiger partial charge in [0.1, 0.15) is 22.9 Å². The number of ether oxygens (including phenoxy) is 1. The van der Waals surface area contributed by atoms with Crippen LogP contribution in [-0.2, 0) is 13.0 Å². The van der Waals surface area contributed by atoms with E-state index in [2.05, 4.69) is 15.2 Å². The average molecular weight is 471 g/mol. The third-order valence-electron chi connectivity index (χ3n) is 6.59. The van der Waals surface area contributed by atoms with Gasteiger partial charge in [0.25, 0.3) is 0 Å². The monoisotopic (exact) mass is 470 g/mol. The first kappa shape index (κ1) is 20.9. The fraction of sp³-hybridized carbons (Fsp3) is 0.179. The Morgan fingerprint density at radius 1 is 1.06 bits per heavy atom. The standard InChI is InChI=1S/C28H23ClN2O3/c1-33-21-7-4-6-19(16-21)27(32)26-25(24-9-5-15-34-24)22-8-2-3-14-30-23(17-31(26)28(22)30)18-10-12-20(29)13-11-18/h4-7,9-13,15-17H,2-3,8,14H2,1H3. The van der Waals surface area contributed by atoms with Crippen molar-refractivity contribution in [3.8, 4) is 28.3 Å². The third kappa shape index (κ3) is 3.27. The summed E-state index contributed by atoms with van der Waals surface area (Å²) in [5.74, 6) is 1.30. The van der Waals surface area contributed by atoms with Gasteiger partial charge in [0.15, 0.2) is 0 Å². The van der Waals surface area contributed by atoms with Crippen molar-refractivity contribution in [3.63, 3.8) is 0 Å². The molecular weight excluding hydrogens is 448 g/mol. The number of ketones is 1. The molecule has 3 aromatic heterocycles. The van der Waals surface area contributed by atoms with Crippen LogP contribution < -0.4 is 4.74 Å². The molecule has 0 atom stereocenters. The molecular formula is C28H23ClN2O3. The lowest BCUT2D eigenvalue weighted by Crippen LogP contribution is -2.07. The number of hydrogen-bond acceptors (Lipinski definition) is 3. The molecule has 0 radical (unpaired) electrons. The predicted octanol–water partition coefficient (Wildman–Crippen LogP) is 6.90. The molecule has 0 fully saturated rings. The Balaban J connectivity index is 1.66. The van der Waals surface area contributed by atoms with Crippen molar-refractivity contribution in [3.05, 3.63) is 95.0 Å². The summed E-state index contributed by atoms with van der Waals surface area (Å²) in [6, 6.07) is 19.0. The molecule has 5 aromatic rings. The van der Waals surface area contributed by atoms with Crippen molar-refractivity contribution < 1.29 is 13.9 Å². The molecule has 1 aliphatic heterocycles. The van der Waals surface area contributed by atoms with E-state index in [1.165, 1.54) is 0 Å². The lowest BCUT2D eigenvalue weighted by atomic mass is 9.98. The maximum atomic E-state index is 14.0. The van der Waals surface area contributed by atoms with Gasteiger partial charge >= 0.3 is 0 Å². The highest BCUT2D eigenvalue weighted by Crippen LogP contribution is 2.40. The first-order chi connectivity index (χ1) is 16.7. The molecule has 1 aliphatic rings. The second-order valence-electron chi connectivity index (χ2n) is 8.56. The number of aryl methyl sites for hydroxylation is 2. The highest BCUT2D eigenvalue weighted by atomic mass is 35.5. The van der Waals surface area contributed by atoms with Crippen LogP contribution in [0.3, 0.4) is 0 Å². The van der Waals surface area contributed by atoms with Crippen molar-refractivity contribution in [1.29, 1.82) is 0 Å². The zero-order chi connectivity index (χ0) is 23.2. The van der Waals surface area contributed by atoms with Crippen LogP contribution >= 0.6 is 11.6 Å². The number of imidazole rings is 1. The van der Waals surface area contributed by atoms with E-state index < -0.39 is 0 Å². The van der Waals surface area contributed by atoms with E-state index in [-0.39, 0.29) is 5.78 Å². The third-order valence-corrected chi connectivity index (χ3v) is 6.84. The van der Waals surface area contributed by atoms with Crippen LogP contribution in [0.15, 0.2) is 77.5 Å². The SMILES string of the molecule is COc1cccc(C(=O)c2c(-c3ccco3)c3c4n(c(-c5ccc(Cl)cc5)cn24)CCCC3)c1. The Hall–Kier alpha value is -3.70. The minimum atomic E-state index is -0.0630. The van der Waals surface area contributed by atoms with E-state index in [9.17, 15) is 4.79 Å². The number of furan rings is 1. The molecule has 34 heavy (non-hydrogen) atoms. The minimum absolute atomic E-state index is 0.0630. The Morgan fingerprint density at radius 3 is 2.68 bits per heavy atom. The van der Waals surface area contributed by atoms with Gasteiger partial charge in [-0.25, -0.2) is 0 Å². The Kier molecular flexibility index (Phi) is 5.07. The number of hydrogen-bond donors (Lipinski definition) is 0. The second kappa shape index (κ2) is 8.26. The fourth-order valence-corrected chi connectivity index (χ4v) is 5.17. The number of aromatic nitrogens is 2. The summed E-state index contributed by atoms with van der Waals surface area (Å²) >= 11 is 6.15. The van der Waals surface area contributed by atoms with Crippen LogP contribution in [0.4, 0.5) is 0 Å². The number of carbonyl (C=O) groups is 1. The summed E-state index contributed by atoms with van der Waals surface area (Å²) in [6.45, 7) is 0.885. The van der Waals surface area contributed by atoms with E-state index in [0.29, 0.717) is 27.8 Å². The van der Waals surface area contributed by atoms with Gasteiger partial charge in [0, 0.05) is 28.9 Å². The highest BCUT2D eigenvalue weighted by Gasteiger charge is 2.31. The van der Waals surface area contributed by atoms with E-state index in [1.54, 1.807) is 19.4 Å². The Labute approximate surface area is 202 Å². The molecule has 4 heterocycles. The number of halogens is 1. The maximum Gasteiger partial charge on any atom is 0.210 e. The first-order valence-electron chi connectivity index (χ1n) is 11.4. The molecule has 170 valence electrons. The molecule has 0 amide bonds. The fourth-order valence-electron chi connectivity index (χ4n) is 5.05. The van der Waals surface area contributed by atoms with Gasteiger partial charge in [-0.2, -0.15) is 0 Å². The topological polar surface area (TPSA) is 48.8 Å². The van der Waals surface area contributed by atoms with Gasteiger partial charge in [0.05, 0.1) is 24.6 Å². The van der Waals surface area contributed by atoms with E-state index in [0.717, 1.165) is 53.8 Å². The normalized spacial score (nSPS) is 13.2. The lowest BCUT2D eigenvalue weighted by Gasteiger charge is -2.08. The molecule has 0 aliphatic carbocycles. The molecule has 0 N–H and O–H groups in total. The summed E-state index contributed by atoms with van der Waals surface area (Å²) in [6.07, 6.45) is 6.73. The number of nitrogens with zero attached hydrogens (tertiary/aromatic N) is 2. The van der Waals surface area contributed by atoms with E-state index in [1.807, 2.05) is 54.6 Å². The Morgan fingerprint density at radius 2 is 1.91 bits per heavy atom. The molecule has 2 aromatic carbocycles. The van der Waals surface area contributed by atoms with E-state index >= 15 is 0 Å². The van der Waals surface area contributed by atoms with Gasteiger partial charge in [-0.05, 0) is 61.2 Å². The molecule has 0 saturated heterocycles. The van der Waals surface area contributed by atoms with Gasteiger partial charge in [-0.15, -0.1) is 0 Å². The number of methoxy groups -OCH3 is 1. The minimum Gasteiger partial charge on any atom is -0.497 e. The number of carbonyl (C=O) groups excluding carboxylic acids is 1. The number of rotatable bonds is 5. The van der Waals surface area contributed by atoms with Crippen molar-refractivity contribution in [1.82, 2.24) is 8.97 Å². The number of benzene rings is 2. The smallest absolute Gasteiger partial charge is 0.210 e. The molecule has 0 bridgehead atoms. The van der Waals surface area contributed by atoms with Crippen molar-refractivity contribution in [2.45, 2.75) is 25.8 Å². The van der Waals surface area contributed by atoms with Crippen molar-refractivity contribution in [2.24, 2.45) is 0 Å². The largest absolute Gasteiger partial charge is 0.497 e. The van der Waals surface area contributed by atoms with Crippen molar-refractivity contribution in [2.75, 3.05) is 7.11 Å². The maximum absolute atomic E-state index is 14.0. The summed E-state index contributed by atoms with van der Waals surface area (Å²) in [7, 11) is 1.61. The average Bonchev–Trinajstić information content (AvgIpc) is 3.54. The summed E-state index contributed by atoms with van der Waals surface area (Å²) in [4.78, 5) is 14.0.